The van der Waals surface area contributed by atoms with E-state index in [0.29, 0.717) is 16.8 Å². The molecule has 0 spiro atoms. The molecule has 3 aromatic rings. The van der Waals surface area contributed by atoms with Crippen LogP contribution in [0.25, 0.3) is 10.9 Å². The van der Waals surface area contributed by atoms with Crippen molar-refractivity contribution in [3.8, 4) is 0 Å². The third-order valence-electron chi connectivity index (χ3n) is 4.89. The number of nitrogens with zero attached hydrogens (tertiary/aromatic N) is 3. The van der Waals surface area contributed by atoms with E-state index in [0.717, 1.165) is 10.7 Å². The van der Waals surface area contributed by atoms with Gasteiger partial charge in [0, 0.05) is 18.7 Å². The predicted octanol–water partition coefficient (Wildman–Crippen LogP) is 1.88. The number of nitrogens with one attached hydrogen (secondary N) is 3. The highest BCUT2D eigenvalue weighted by Crippen LogP contribution is 2.19. The number of imide groups is 1. The van der Waals surface area contributed by atoms with Crippen molar-refractivity contribution >= 4 is 46.0 Å². The summed E-state index contributed by atoms with van der Waals surface area (Å²) in [7, 11) is 0. The number of carbonyl (C=O) groups is 3. The molecule has 2 heterocycles. The number of amides is 4. The lowest BCUT2D eigenvalue weighted by molar-refractivity contribution is -0.136. The third kappa shape index (κ3) is 4.42. The van der Waals surface area contributed by atoms with E-state index in [4.69, 9.17) is 11.6 Å². The molecule has 12 heteroatoms. The molecule has 1 aliphatic rings. The number of anilines is 1. The van der Waals surface area contributed by atoms with Crippen LogP contribution >= 0.6 is 11.6 Å². The van der Waals surface area contributed by atoms with E-state index in [1.807, 2.05) is 0 Å². The van der Waals surface area contributed by atoms with Crippen LogP contribution < -0.4 is 21.5 Å². The largest absolute Gasteiger partial charge is 0.334 e. The minimum Gasteiger partial charge on any atom is -0.334 e. The first-order valence-corrected chi connectivity index (χ1v) is 9.91. The molecule has 0 bridgehead atoms. The number of benzene rings is 2. The van der Waals surface area contributed by atoms with Gasteiger partial charge < -0.3 is 10.6 Å². The number of fused-ring (bicyclic) bond motifs is 1. The molecule has 3 N–H and O–H groups in total. The molecule has 32 heavy (non-hydrogen) atoms. The SMILES string of the molecule is O=C1CCC(n2nnc3cc(CNC(=O)Nc4ccc(F)c(Cl)c4)ccc3c2=O)C(=O)N1. The molecule has 10 nitrogen and oxygen atoms in total. The van der Waals surface area contributed by atoms with Gasteiger partial charge in [-0.2, -0.15) is 4.68 Å². The van der Waals surface area contributed by atoms with Gasteiger partial charge in [-0.25, -0.2) is 9.18 Å². The molecule has 0 aliphatic carbocycles. The second-order valence-corrected chi connectivity index (χ2v) is 7.50. The smallest absolute Gasteiger partial charge is 0.319 e. The van der Waals surface area contributed by atoms with Crippen LogP contribution in [0.5, 0.6) is 0 Å². The Balaban J connectivity index is 1.46. The van der Waals surface area contributed by atoms with Gasteiger partial charge >= 0.3 is 6.03 Å². The first kappa shape index (κ1) is 21.4. The Morgan fingerprint density at radius 1 is 1.22 bits per heavy atom. The van der Waals surface area contributed by atoms with E-state index >= 15 is 0 Å². The fourth-order valence-corrected chi connectivity index (χ4v) is 3.44. The summed E-state index contributed by atoms with van der Waals surface area (Å²) in [6, 6.07) is 7.12. The van der Waals surface area contributed by atoms with Gasteiger partial charge in [0.25, 0.3) is 11.5 Å². The molecule has 1 unspecified atom stereocenters. The van der Waals surface area contributed by atoms with Gasteiger partial charge in [0.1, 0.15) is 17.4 Å². The number of hydrogen-bond donors (Lipinski definition) is 3. The Hall–Kier alpha value is -3.86. The fourth-order valence-electron chi connectivity index (χ4n) is 3.26. The number of urea groups is 1. The lowest BCUT2D eigenvalue weighted by atomic mass is 10.1. The molecule has 164 valence electrons. The van der Waals surface area contributed by atoms with Crippen molar-refractivity contribution in [3.63, 3.8) is 0 Å². The number of aromatic nitrogens is 3. The van der Waals surface area contributed by atoms with Crippen molar-refractivity contribution in [1.29, 1.82) is 0 Å². The van der Waals surface area contributed by atoms with E-state index in [1.54, 1.807) is 12.1 Å². The van der Waals surface area contributed by atoms with Crippen molar-refractivity contribution in [2.75, 3.05) is 5.32 Å². The summed E-state index contributed by atoms with van der Waals surface area (Å²) in [4.78, 5) is 48.2. The fraction of sp³-hybridized carbons (Fsp3) is 0.200. The zero-order chi connectivity index (χ0) is 22.8. The van der Waals surface area contributed by atoms with Gasteiger partial charge in [-0.05, 0) is 42.3 Å². The number of hydrogen-bond acceptors (Lipinski definition) is 6. The molecule has 1 atom stereocenters. The third-order valence-corrected chi connectivity index (χ3v) is 5.17. The molecule has 1 aromatic heterocycles. The van der Waals surface area contributed by atoms with Gasteiger partial charge in [-0.1, -0.05) is 22.9 Å². The summed E-state index contributed by atoms with van der Waals surface area (Å²) in [5.74, 6) is -1.57. The van der Waals surface area contributed by atoms with Crippen LogP contribution in [0.1, 0.15) is 24.4 Å². The van der Waals surface area contributed by atoms with Crippen LogP contribution in [-0.4, -0.2) is 32.8 Å². The molecule has 0 radical (unpaired) electrons. The average molecular weight is 459 g/mol. The summed E-state index contributed by atoms with van der Waals surface area (Å²) in [5, 5.41) is 15.4. The maximum absolute atomic E-state index is 13.2. The van der Waals surface area contributed by atoms with Crippen molar-refractivity contribution in [1.82, 2.24) is 25.6 Å². The summed E-state index contributed by atoms with van der Waals surface area (Å²) >= 11 is 5.69. The van der Waals surface area contributed by atoms with Crippen LogP contribution in [0.3, 0.4) is 0 Å². The zero-order valence-electron chi connectivity index (χ0n) is 16.4. The molecule has 0 saturated carbocycles. The minimum absolute atomic E-state index is 0.110. The Morgan fingerprint density at radius 2 is 2.03 bits per heavy atom. The second kappa shape index (κ2) is 8.71. The molecule has 1 saturated heterocycles. The normalized spacial score (nSPS) is 16.0. The second-order valence-electron chi connectivity index (χ2n) is 7.09. The summed E-state index contributed by atoms with van der Waals surface area (Å²) in [5.41, 5.74) is 0.767. The molecular formula is C20H16ClFN6O4. The quantitative estimate of drug-likeness (QED) is 0.511. The zero-order valence-corrected chi connectivity index (χ0v) is 17.1. The Kier molecular flexibility index (Phi) is 5.82. The summed E-state index contributed by atoms with van der Waals surface area (Å²) in [6.45, 7) is 0.120. The van der Waals surface area contributed by atoms with Crippen molar-refractivity contribution in [2.45, 2.75) is 25.4 Å². The van der Waals surface area contributed by atoms with E-state index in [9.17, 15) is 23.6 Å². The van der Waals surface area contributed by atoms with Gasteiger partial charge in [-0.3, -0.25) is 19.7 Å². The molecule has 4 amide bonds. The van der Waals surface area contributed by atoms with Crippen molar-refractivity contribution in [3.05, 3.63) is 63.2 Å². The highest BCUT2D eigenvalue weighted by molar-refractivity contribution is 6.31. The molecule has 4 rings (SSSR count). The van der Waals surface area contributed by atoms with Crippen LogP contribution in [0, 0.1) is 5.82 Å². The van der Waals surface area contributed by atoms with Gasteiger partial charge in [0.2, 0.25) is 5.91 Å². The van der Waals surface area contributed by atoms with E-state index in [1.165, 1.54) is 18.2 Å². The summed E-state index contributed by atoms with van der Waals surface area (Å²) in [6.07, 6.45) is 0.278. The maximum atomic E-state index is 13.2. The van der Waals surface area contributed by atoms with Crippen LogP contribution in [-0.2, 0) is 16.1 Å². The van der Waals surface area contributed by atoms with Crippen molar-refractivity contribution < 1.29 is 18.8 Å². The first-order valence-electron chi connectivity index (χ1n) is 9.53. The monoisotopic (exact) mass is 458 g/mol. The van der Waals surface area contributed by atoms with Crippen LogP contribution in [0.15, 0.2) is 41.2 Å². The molecule has 2 aromatic carbocycles. The van der Waals surface area contributed by atoms with E-state index in [2.05, 4.69) is 26.3 Å². The number of carbonyl (C=O) groups excluding carboxylic acids is 3. The average Bonchev–Trinajstić information content (AvgIpc) is 2.76. The van der Waals surface area contributed by atoms with Gasteiger partial charge in [0.15, 0.2) is 0 Å². The van der Waals surface area contributed by atoms with Crippen LogP contribution in [0.2, 0.25) is 5.02 Å². The number of rotatable bonds is 4. The first-order chi connectivity index (χ1) is 15.3. The van der Waals surface area contributed by atoms with E-state index < -0.39 is 35.3 Å². The Labute approximate surface area is 184 Å². The van der Waals surface area contributed by atoms with Gasteiger partial charge in [-0.15, -0.1) is 5.10 Å². The minimum atomic E-state index is -0.901. The molecular weight excluding hydrogens is 443 g/mol. The predicted molar refractivity (Wildman–Crippen MR) is 112 cm³/mol. The van der Waals surface area contributed by atoms with Gasteiger partial charge in [0.05, 0.1) is 10.4 Å². The lowest BCUT2D eigenvalue weighted by Gasteiger charge is -2.21. The summed E-state index contributed by atoms with van der Waals surface area (Å²) < 4.78 is 14.2. The Bertz CT molecular complexity index is 1310. The number of halogens is 2. The number of piperidine rings is 1. The highest BCUT2D eigenvalue weighted by Gasteiger charge is 2.30. The molecule has 1 aliphatic heterocycles. The lowest BCUT2D eigenvalue weighted by Crippen LogP contribution is -2.45. The topological polar surface area (TPSA) is 135 Å². The van der Waals surface area contributed by atoms with Crippen LogP contribution in [0.4, 0.5) is 14.9 Å². The Morgan fingerprint density at radius 3 is 2.78 bits per heavy atom. The maximum Gasteiger partial charge on any atom is 0.319 e. The molecule has 1 fully saturated rings. The van der Waals surface area contributed by atoms with E-state index in [-0.39, 0.29) is 29.8 Å². The van der Waals surface area contributed by atoms with Crippen molar-refractivity contribution in [2.24, 2.45) is 0 Å². The highest BCUT2D eigenvalue weighted by atomic mass is 35.5. The standard InChI is InChI=1S/C20H16ClFN6O4/c21-13-8-11(2-4-14(13)22)24-20(32)23-9-10-1-3-12-15(7-10)26-27-28(19(12)31)16-5-6-17(29)25-18(16)30/h1-4,7-8,16H,5-6,9H2,(H2,23,24,32)(H,25,29,30).